The second kappa shape index (κ2) is 12.9. The van der Waals surface area contributed by atoms with Crippen molar-refractivity contribution >= 4 is 34.2 Å². The first-order chi connectivity index (χ1) is 15.3. The van der Waals surface area contributed by atoms with Crippen molar-refractivity contribution in [3.8, 4) is 0 Å². The van der Waals surface area contributed by atoms with E-state index in [-0.39, 0.29) is 50.6 Å². The van der Waals surface area contributed by atoms with Gasteiger partial charge in [0, 0.05) is 0 Å². The van der Waals surface area contributed by atoms with Crippen LogP contribution in [0.3, 0.4) is 0 Å². The molecule has 0 radical (unpaired) electrons. The lowest BCUT2D eigenvalue weighted by atomic mass is 11.2. The molecule has 1 heterocycles. The molecule has 0 bridgehead atoms. The summed E-state index contributed by atoms with van der Waals surface area (Å²) < 4.78 is 128. The molecule has 176 valence electrons. The Labute approximate surface area is 182 Å². The van der Waals surface area contributed by atoms with Crippen LogP contribution in [0.15, 0.2) is 96.2 Å². The number of hydrogen-bond donors (Lipinski definition) is 0. The summed E-state index contributed by atoms with van der Waals surface area (Å²) in [6, 6.07) is 0. The Morgan fingerprint density at radius 1 is 0.281 bits per heavy atom. The monoisotopic (exact) mass is 536 g/mol. The molecule has 1 fully saturated rings. The van der Waals surface area contributed by atoms with Crippen LogP contribution in [0.25, 0.3) is 0 Å². The van der Waals surface area contributed by atoms with E-state index in [0.29, 0.717) is 45.6 Å². The largest absolute Gasteiger partial charge is 0.403 e. The van der Waals surface area contributed by atoms with Gasteiger partial charge < -0.3 is 16.5 Å². The molecule has 32 heavy (non-hydrogen) atoms. The van der Waals surface area contributed by atoms with Crippen molar-refractivity contribution in [1.82, 2.24) is 0 Å². The smallest absolute Gasteiger partial charge is 0.380 e. The van der Waals surface area contributed by atoms with Gasteiger partial charge in [-0.2, -0.15) is 0 Å². The van der Waals surface area contributed by atoms with E-state index in [0.717, 1.165) is 0 Å². The number of hydrogen-bond acceptors (Lipinski definition) is 4. The Morgan fingerprint density at radius 2 is 0.406 bits per heavy atom. The van der Waals surface area contributed by atoms with E-state index in [1.54, 1.807) is 0 Å². The third-order valence-corrected chi connectivity index (χ3v) is 18.6. The van der Waals surface area contributed by atoms with E-state index in [2.05, 4.69) is 0 Å². The van der Waals surface area contributed by atoms with Crippen molar-refractivity contribution < 1.29 is 51.6 Å². The summed E-state index contributed by atoms with van der Waals surface area (Å²) in [5.74, 6) is 0. The highest BCUT2D eigenvalue weighted by molar-refractivity contribution is 7.03. The van der Waals surface area contributed by atoms with E-state index in [1.807, 2.05) is 0 Å². The predicted molar refractivity (Wildman–Crippen MR) is 109 cm³/mol. The van der Waals surface area contributed by atoms with Crippen LogP contribution in [-0.2, 0) is 16.5 Å². The summed E-state index contributed by atoms with van der Waals surface area (Å²) >= 11 is 0. The van der Waals surface area contributed by atoms with Crippen molar-refractivity contribution in [1.29, 1.82) is 0 Å². The molecule has 1 aliphatic heterocycles. The topological polar surface area (TPSA) is 36.9 Å². The van der Waals surface area contributed by atoms with E-state index in [9.17, 15) is 35.1 Å². The molecular formula is C16H16F8O4Si4. The lowest BCUT2D eigenvalue weighted by molar-refractivity contribution is 0.260. The molecule has 1 aliphatic rings. The highest BCUT2D eigenvalue weighted by atomic mass is 28.5. The zero-order chi connectivity index (χ0) is 24.1. The average Bonchev–Trinajstić information content (AvgIpc) is 2.68. The fourth-order valence-corrected chi connectivity index (χ4v) is 18.9. The minimum atomic E-state index is -4.62. The van der Waals surface area contributed by atoms with Gasteiger partial charge >= 0.3 is 34.2 Å². The standard InChI is InChI=1S/C16H16F8O4Si4/c17-1-9-29(10-2-18)25-30(11-3-19,12-4-20)27-32(15-7-23,16-8-24)28-31(26-29,13-5-21)14-6-22/h1-16H. The third-order valence-electron chi connectivity index (χ3n) is 3.64. The van der Waals surface area contributed by atoms with Crippen molar-refractivity contribution in [3.63, 3.8) is 0 Å². The van der Waals surface area contributed by atoms with Gasteiger partial charge in [-0.15, -0.1) is 0 Å². The molecule has 0 N–H and O–H groups in total. The Balaban J connectivity index is 4.08. The highest BCUT2D eigenvalue weighted by Gasteiger charge is 2.59. The summed E-state index contributed by atoms with van der Waals surface area (Å²) in [7, 11) is -18.5. The molecule has 16 heteroatoms. The summed E-state index contributed by atoms with van der Waals surface area (Å²) in [5, 5.41) is 0. The SMILES string of the molecule is FC=C[Si]1(C=CF)O[Si](C=CF)(C=CF)O[Si](C=CF)(C=CF)O[Si](C=CF)(C=CF)O1. The highest BCUT2D eigenvalue weighted by Crippen LogP contribution is 2.36. The Bertz CT molecular complexity index is 644. The van der Waals surface area contributed by atoms with Crippen LogP contribution >= 0.6 is 0 Å². The maximum atomic E-state index is 13.2. The molecule has 0 amide bonds. The van der Waals surface area contributed by atoms with Crippen molar-refractivity contribution in [2.24, 2.45) is 0 Å². The predicted octanol–water partition coefficient (Wildman–Crippen LogP) is 6.01. The Hall–Kier alpha value is -1.93. The molecule has 1 rings (SSSR count). The van der Waals surface area contributed by atoms with Gasteiger partial charge in [-0.05, 0) is 45.6 Å². The fraction of sp³-hybridized carbons (Fsp3) is 0. The van der Waals surface area contributed by atoms with Gasteiger partial charge in [0.2, 0.25) is 0 Å². The average molecular weight is 537 g/mol. The van der Waals surface area contributed by atoms with Crippen LogP contribution in [0.4, 0.5) is 35.1 Å². The third kappa shape index (κ3) is 7.03. The zero-order valence-corrected chi connectivity index (χ0v) is 19.9. The van der Waals surface area contributed by atoms with Gasteiger partial charge in [0.1, 0.15) is 0 Å². The molecule has 0 aromatic rings. The first-order valence-electron chi connectivity index (χ1n) is 8.35. The quantitative estimate of drug-likeness (QED) is 0.281. The van der Waals surface area contributed by atoms with Crippen molar-refractivity contribution in [2.45, 2.75) is 0 Å². The fourth-order valence-electron chi connectivity index (χ4n) is 2.55. The van der Waals surface area contributed by atoms with E-state index >= 15 is 0 Å². The van der Waals surface area contributed by atoms with Gasteiger partial charge in [0.25, 0.3) is 0 Å². The second-order valence-corrected chi connectivity index (χ2v) is 17.3. The van der Waals surface area contributed by atoms with Gasteiger partial charge in [-0.1, -0.05) is 0 Å². The van der Waals surface area contributed by atoms with Crippen molar-refractivity contribution in [3.05, 3.63) is 96.2 Å². The molecule has 0 spiro atoms. The maximum absolute atomic E-state index is 13.2. The summed E-state index contributed by atoms with van der Waals surface area (Å²) in [6.45, 7) is 0. The minimum absolute atomic E-state index is 0.156. The Kier molecular flexibility index (Phi) is 11.4. The molecule has 0 saturated carbocycles. The van der Waals surface area contributed by atoms with E-state index in [4.69, 9.17) is 16.5 Å². The second-order valence-electron chi connectivity index (χ2n) is 5.64. The van der Waals surface area contributed by atoms with Crippen molar-refractivity contribution in [2.75, 3.05) is 0 Å². The first-order valence-corrected chi connectivity index (χ1v) is 16.2. The summed E-state index contributed by atoms with van der Waals surface area (Å²) in [5.41, 5.74) is 4.22. The van der Waals surface area contributed by atoms with Gasteiger partial charge in [0.05, 0.1) is 50.6 Å². The molecule has 1 saturated heterocycles. The van der Waals surface area contributed by atoms with E-state index < -0.39 is 34.2 Å². The lowest BCUT2D eigenvalue weighted by Crippen LogP contribution is -2.67. The van der Waals surface area contributed by atoms with Gasteiger partial charge in [0.15, 0.2) is 0 Å². The van der Waals surface area contributed by atoms with Crippen LogP contribution in [0.2, 0.25) is 0 Å². The Morgan fingerprint density at radius 3 is 0.500 bits per heavy atom. The number of rotatable bonds is 8. The normalized spacial score (nSPS) is 35.8. The minimum Gasteiger partial charge on any atom is -0.403 e. The van der Waals surface area contributed by atoms with Crippen LogP contribution in [0, 0.1) is 0 Å². The van der Waals surface area contributed by atoms with Gasteiger partial charge in [-0.25, -0.2) is 35.1 Å². The van der Waals surface area contributed by atoms with Crippen LogP contribution in [0.1, 0.15) is 0 Å². The molecule has 0 aromatic carbocycles. The summed E-state index contributed by atoms with van der Waals surface area (Å²) in [6.07, 6.45) is -1.25. The van der Waals surface area contributed by atoms with E-state index in [1.165, 1.54) is 0 Å². The van der Waals surface area contributed by atoms with Crippen LogP contribution in [-0.4, -0.2) is 34.2 Å². The molecule has 4 nitrogen and oxygen atoms in total. The van der Waals surface area contributed by atoms with Gasteiger partial charge in [-0.3, -0.25) is 0 Å². The number of halogens is 8. The first kappa shape index (κ1) is 28.1. The molecule has 0 aliphatic carbocycles. The maximum Gasteiger partial charge on any atom is 0.380 e. The molecule has 0 aromatic heterocycles. The summed E-state index contributed by atoms with van der Waals surface area (Å²) in [4.78, 5) is 0. The molecular weight excluding hydrogens is 521 g/mol. The van der Waals surface area contributed by atoms with Crippen LogP contribution < -0.4 is 0 Å². The molecule has 0 unspecified atom stereocenters. The molecule has 0 atom stereocenters. The zero-order valence-electron chi connectivity index (χ0n) is 15.9. The van der Waals surface area contributed by atoms with Crippen LogP contribution in [0.5, 0.6) is 0 Å². The lowest BCUT2D eigenvalue weighted by Gasteiger charge is -2.46.